The van der Waals surface area contributed by atoms with Crippen molar-refractivity contribution < 1.29 is 26.4 Å². The number of hydrogen-bond acceptors (Lipinski definition) is 5. The SMILES string of the molecule is Cc1cc(NC(=O)c2cc(S(=O)(=O)N3CCCCC3)cn2C)n(-c2ccc(C(F)(F)F)cn2)n1. The van der Waals surface area contributed by atoms with Crippen molar-refractivity contribution >= 4 is 21.7 Å². The number of halogens is 3. The molecule has 0 aromatic carbocycles. The van der Waals surface area contributed by atoms with E-state index in [0.29, 0.717) is 25.0 Å². The minimum Gasteiger partial charge on any atom is -0.345 e. The van der Waals surface area contributed by atoms with Crippen LogP contribution in [0.1, 0.15) is 41.0 Å². The molecule has 4 heterocycles. The summed E-state index contributed by atoms with van der Waals surface area (Å²) in [4.78, 5) is 16.8. The highest BCUT2D eigenvalue weighted by Gasteiger charge is 2.31. The van der Waals surface area contributed by atoms with Gasteiger partial charge >= 0.3 is 6.18 Å². The molecule has 13 heteroatoms. The van der Waals surface area contributed by atoms with Crippen molar-refractivity contribution in [2.45, 2.75) is 37.3 Å². The van der Waals surface area contributed by atoms with E-state index >= 15 is 0 Å². The van der Waals surface area contributed by atoms with Gasteiger partial charge in [-0.25, -0.2) is 13.4 Å². The first-order chi connectivity index (χ1) is 16.0. The number of carbonyl (C=O) groups excluding carboxylic acids is 1. The molecule has 3 aromatic heterocycles. The fourth-order valence-electron chi connectivity index (χ4n) is 3.78. The molecule has 0 aliphatic carbocycles. The molecule has 9 nitrogen and oxygen atoms in total. The van der Waals surface area contributed by atoms with Crippen molar-refractivity contribution in [2.75, 3.05) is 18.4 Å². The van der Waals surface area contributed by atoms with Crippen molar-refractivity contribution in [3.8, 4) is 5.82 Å². The second-order valence-corrected chi connectivity index (χ2v) is 10.0. The van der Waals surface area contributed by atoms with Gasteiger partial charge in [0.05, 0.1) is 11.3 Å². The molecule has 0 bridgehead atoms. The highest BCUT2D eigenvalue weighted by molar-refractivity contribution is 7.89. The molecule has 1 fully saturated rings. The molecule has 1 aliphatic heterocycles. The van der Waals surface area contributed by atoms with E-state index in [1.807, 2.05) is 0 Å². The van der Waals surface area contributed by atoms with E-state index in [2.05, 4.69) is 15.4 Å². The van der Waals surface area contributed by atoms with Gasteiger partial charge in [-0.1, -0.05) is 6.42 Å². The van der Waals surface area contributed by atoms with Crippen LogP contribution in [0.3, 0.4) is 0 Å². The van der Waals surface area contributed by atoms with E-state index in [4.69, 9.17) is 0 Å². The quantitative estimate of drug-likeness (QED) is 0.584. The molecule has 1 amide bonds. The van der Waals surface area contributed by atoms with Crippen LogP contribution < -0.4 is 5.32 Å². The number of aryl methyl sites for hydroxylation is 2. The van der Waals surface area contributed by atoms with Gasteiger partial charge in [-0.3, -0.25) is 4.79 Å². The maximum absolute atomic E-state index is 13.0. The van der Waals surface area contributed by atoms with Crippen molar-refractivity contribution in [3.63, 3.8) is 0 Å². The summed E-state index contributed by atoms with van der Waals surface area (Å²) in [5.41, 5.74) is -0.310. The molecule has 3 aromatic rings. The molecule has 0 radical (unpaired) electrons. The van der Waals surface area contributed by atoms with E-state index in [1.165, 1.54) is 31.9 Å². The summed E-state index contributed by atoms with van der Waals surface area (Å²) in [6.07, 6.45) is 0.115. The average molecular weight is 497 g/mol. The number of nitrogens with one attached hydrogen (secondary N) is 1. The Morgan fingerprint density at radius 2 is 1.82 bits per heavy atom. The van der Waals surface area contributed by atoms with E-state index in [1.54, 1.807) is 14.0 Å². The smallest absolute Gasteiger partial charge is 0.345 e. The predicted molar refractivity (Wildman–Crippen MR) is 117 cm³/mol. The lowest BCUT2D eigenvalue weighted by atomic mass is 10.2. The second-order valence-electron chi connectivity index (χ2n) is 8.08. The van der Waals surface area contributed by atoms with Crippen molar-refractivity contribution in [3.05, 3.63) is 53.6 Å². The number of nitrogens with zero attached hydrogens (tertiary/aromatic N) is 5. The van der Waals surface area contributed by atoms with E-state index in [0.717, 1.165) is 31.4 Å². The fourth-order valence-corrected chi connectivity index (χ4v) is 5.37. The van der Waals surface area contributed by atoms with Gasteiger partial charge in [0.2, 0.25) is 10.0 Å². The van der Waals surface area contributed by atoms with Crippen molar-refractivity contribution in [1.82, 2.24) is 23.6 Å². The second kappa shape index (κ2) is 8.87. The third-order valence-corrected chi connectivity index (χ3v) is 7.39. The molecule has 4 rings (SSSR count). The number of hydrogen-bond donors (Lipinski definition) is 1. The highest BCUT2D eigenvalue weighted by Crippen LogP contribution is 2.29. The Morgan fingerprint density at radius 3 is 2.44 bits per heavy atom. The van der Waals surface area contributed by atoms with Crippen molar-refractivity contribution in [2.24, 2.45) is 7.05 Å². The van der Waals surface area contributed by atoms with Crippen LogP contribution in [-0.2, 0) is 23.2 Å². The lowest BCUT2D eigenvalue weighted by Gasteiger charge is -2.25. The van der Waals surface area contributed by atoms with Gasteiger partial charge in [0.25, 0.3) is 5.91 Å². The zero-order valence-electron chi connectivity index (χ0n) is 18.5. The first-order valence-corrected chi connectivity index (χ1v) is 12.0. The molecular weight excluding hydrogens is 473 g/mol. The van der Waals surface area contributed by atoms with Crippen LogP contribution in [0.5, 0.6) is 0 Å². The average Bonchev–Trinajstić information content (AvgIpc) is 3.36. The third kappa shape index (κ3) is 4.71. The molecule has 1 saturated heterocycles. The fraction of sp³-hybridized carbons (Fsp3) is 0.381. The summed E-state index contributed by atoms with van der Waals surface area (Å²) < 4.78 is 68.5. The zero-order chi connectivity index (χ0) is 24.7. The van der Waals surface area contributed by atoms with Gasteiger partial charge in [0.15, 0.2) is 5.82 Å². The zero-order valence-corrected chi connectivity index (χ0v) is 19.3. The maximum Gasteiger partial charge on any atom is 0.417 e. The molecule has 1 aliphatic rings. The predicted octanol–water partition coefficient (Wildman–Crippen LogP) is 3.36. The summed E-state index contributed by atoms with van der Waals surface area (Å²) in [6, 6.07) is 4.87. The van der Waals surface area contributed by atoms with Gasteiger partial charge in [-0.2, -0.15) is 27.3 Å². The number of alkyl halides is 3. The van der Waals surface area contributed by atoms with Crippen LogP contribution in [0.25, 0.3) is 5.82 Å². The summed E-state index contributed by atoms with van der Waals surface area (Å²) in [5.74, 6) is -0.344. The number of carbonyl (C=O) groups is 1. The van der Waals surface area contributed by atoms with Gasteiger partial charge in [-0.05, 0) is 38.0 Å². The molecule has 34 heavy (non-hydrogen) atoms. The van der Waals surface area contributed by atoms with Gasteiger partial charge in [-0.15, -0.1) is 0 Å². The molecule has 0 unspecified atom stereocenters. The number of aromatic nitrogens is 4. The minimum atomic E-state index is -4.53. The number of anilines is 1. The first-order valence-electron chi connectivity index (χ1n) is 10.5. The Labute approximate surface area is 194 Å². The van der Waals surface area contributed by atoms with Crippen LogP contribution in [0.2, 0.25) is 0 Å². The number of sulfonamides is 1. The summed E-state index contributed by atoms with van der Waals surface area (Å²) in [6.45, 7) is 2.54. The third-order valence-electron chi connectivity index (χ3n) is 5.53. The van der Waals surface area contributed by atoms with E-state index in [-0.39, 0.29) is 22.2 Å². The summed E-state index contributed by atoms with van der Waals surface area (Å²) >= 11 is 0. The Kier molecular flexibility index (Phi) is 6.25. The molecule has 0 saturated carbocycles. The lowest BCUT2D eigenvalue weighted by Crippen LogP contribution is -2.35. The highest BCUT2D eigenvalue weighted by atomic mass is 32.2. The number of rotatable bonds is 5. The van der Waals surface area contributed by atoms with Crippen LogP contribution >= 0.6 is 0 Å². The normalized spacial score (nSPS) is 15.4. The summed E-state index contributed by atoms with van der Waals surface area (Å²) in [5, 5.41) is 6.84. The van der Waals surface area contributed by atoms with E-state index < -0.39 is 27.7 Å². The van der Waals surface area contributed by atoms with Crippen LogP contribution in [0.15, 0.2) is 41.6 Å². The standard InChI is InChI=1S/C21H23F3N6O3S/c1-14-10-19(30(27-14)18-7-6-15(12-25-18)21(22,23)24)26-20(31)17-11-16(13-28(17)2)34(32,33)29-8-4-3-5-9-29/h6-7,10-13H,3-5,8-9H2,1-2H3,(H,26,31). The number of piperidine rings is 1. The monoisotopic (exact) mass is 496 g/mol. The minimum absolute atomic E-state index is 0.0242. The van der Waals surface area contributed by atoms with Crippen LogP contribution in [0.4, 0.5) is 19.0 Å². The molecule has 0 atom stereocenters. The van der Waals surface area contributed by atoms with Crippen molar-refractivity contribution in [1.29, 1.82) is 0 Å². The number of amides is 1. The molecule has 0 spiro atoms. The van der Waals surface area contributed by atoms with Crippen LogP contribution in [0, 0.1) is 6.92 Å². The Balaban J connectivity index is 1.59. The number of pyridine rings is 1. The first kappa shape index (κ1) is 24.0. The van der Waals surface area contributed by atoms with Gasteiger partial charge in [0, 0.05) is 38.6 Å². The largest absolute Gasteiger partial charge is 0.417 e. The molecular formula is C21H23F3N6O3S. The van der Waals surface area contributed by atoms with Crippen LogP contribution in [-0.4, -0.2) is 51.1 Å². The maximum atomic E-state index is 13.0. The Morgan fingerprint density at radius 1 is 1.12 bits per heavy atom. The topological polar surface area (TPSA) is 102 Å². The van der Waals surface area contributed by atoms with E-state index in [9.17, 15) is 26.4 Å². The lowest BCUT2D eigenvalue weighted by molar-refractivity contribution is -0.137. The molecule has 182 valence electrons. The molecule has 1 N–H and O–H groups in total. The Hall–Kier alpha value is -3.19. The van der Waals surface area contributed by atoms with Gasteiger partial charge < -0.3 is 9.88 Å². The Bertz CT molecular complexity index is 1310. The summed E-state index contributed by atoms with van der Waals surface area (Å²) in [7, 11) is -2.16. The van der Waals surface area contributed by atoms with Gasteiger partial charge in [0.1, 0.15) is 16.4 Å².